The van der Waals surface area contributed by atoms with Crippen molar-refractivity contribution in [2.24, 2.45) is 5.92 Å². The average Bonchev–Trinajstić information content (AvgIpc) is 2.79. The van der Waals surface area contributed by atoms with E-state index in [1.54, 1.807) is 29.2 Å². The summed E-state index contributed by atoms with van der Waals surface area (Å²) in [6.07, 6.45) is 0.831. The average molecular weight is 283 g/mol. The van der Waals surface area contributed by atoms with Crippen LogP contribution >= 0.6 is 11.6 Å². The van der Waals surface area contributed by atoms with Crippen molar-refractivity contribution in [3.63, 3.8) is 0 Å². The zero-order valence-electron chi connectivity index (χ0n) is 10.3. The molecule has 0 aliphatic carbocycles. The van der Waals surface area contributed by atoms with Crippen molar-refractivity contribution >= 4 is 29.3 Å². The van der Waals surface area contributed by atoms with Gasteiger partial charge in [-0.25, -0.2) is 4.79 Å². The van der Waals surface area contributed by atoms with Gasteiger partial charge in [-0.3, -0.25) is 4.79 Å². The van der Waals surface area contributed by atoms with Crippen LogP contribution in [-0.4, -0.2) is 35.1 Å². The molecule has 2 amide bonds. The van der Waals surface area contributed by atoms with Crippen LogP contribution in [0.4, 0.5) is 10.5 Å². The Morgan fingerprint density at radius 1 is 1.42 bits per heavy atom. The summed E-state index contributed by atoms with van der Waals surface area (Å²) in [7, 11) is 0. The number of rotatable bonds is 3. The number of anilines is 1. The molecule has 1 fully saturated rings. The molecule has 1 aliphatic rings. The van der Waals surface area contributed by atoms with Gasteiger partial charge in [-0.15, -0.1) is 0 Å². The second kappa shape index (κ2) is 5.93. The zero-order valence-corrected chi connectivity index (χ0v) is 11.1. The second-order valence-electron chi connectivity index (χ2n) is 4.61. The van der Waals surface area contributed by atoms with Crippen molar-refractivity contribution in [2.45, 2.75) is 12.8 Å². The maximum absolute atomic E-state index is 12.0. The van der Waals surface area contributed by atoms with Gasteiger partial charge in [0.05, 0.1) is 10.7 Å². The summed E-state index contributed by atoms with van der Waals surface area (Å²) in [5.41, 5.74) is 0.566. The number of carbonyl (C=O) groups is 2. The molecule has 5 nitrogen and oxygen atoms in total. The fraction of sp³-hybridized carbons (Fsp3) is 0.385. The van der Waals surface area contributed by atoms with Crippen LogP contribution in [0.3, 0.4) is 0 Å². The summed E-state index contributed by atoms with van der Waals surface area (Å²) in [5.74, 6) is -0.784. The van der Waals surface area contributed by atoms with Crippen LogP contribution < -0.4 is 5.32 Å². The Balaban J connectivity index is 1.91. The molecule has 0 bridgehead atoms. The lowest BCUT2D eigenvalue weighted by atomic mass is 10.1. The van der Waals surface area contributed by atoms with Crippen LogP contribution in [0.15, 0.2) is 24.3 Å². The second-order valence-corrected chi connectivity index (χ2v) is 5.02. The first kappa shape index (κ1) is 13.7. The van der Waals surface area contributed by atoms with E-state index in [1.807, 2.05) is 0 Å². The molecule has 1 aliphatic heterocycles. The molecule has 2 rings (SSSR count). The molecule has 1 aromatic rings. The van der Waals surface area contributed by atoms with Crippen LogP contribution in [0.5, 0.6) is 0 Å². The monoisotopic (exact) mass is 282 g/mol. The van der Waals surface area contributed by atoms with Gasteiger partial charge in [0.15, 0.2) is 0 Å². The number of likely N-dealkylation sites (tertiary alicyclic amines) is 1. The number of carboxylic acid groups (broad SMARTS) is 1. The van der Waals surface area contributed by atoms with E-state index in [0.29, 0.717) is 23.8 Å². The first-order valence-electron chi connectivity index (χ1n) is 6.08. The summed E-state index contributed by atoms with van der Waals surface area (Å²) < 4.78 is 0. The van der Waals surface area contributed by atoms with Gasteiger partial charge in [-0.1, -0.05) is 23.7 Å². The predicted octanol–water partition coefficient (Wildman–Crippen LogP) is 2.67. The summed E-state index contributed by atoms with van der Waals surface area (Å²) >= 11 is 5.96. The number of benzene rings is 1. The fourth-order valence-electron chi connectivity index (χ4n) is 2.19. The summed E-state index contributed by atoms with van der Waals surface area (Å²) in [5, 5.41) is 12.0. The van der Waals surface area contributed by atoms with Gasteiger partial charge in [0, 0.05) is 19.5 Å². The Hall–Kier alpha value is -1.75. The minimum Gasteiger partial charge on any atom is -0.481 e. The smallest absolute Gasteiger partial charge is 0.321 e. The first-order chi connectivity index (χ1) is 9.06. The van der Waals surface area contributed by atoms with Crippen molar-refractivity contribution in [1.82, 2.24) is 4.90 Å². The third-order valence-corrected chi connectivity index (χ3v) is 3.48. The largest absolute Gasteiger partial charge is 0.481 e. The molecule has 1 aromatic carbocycles. The highest BCUT2D eigenvalue weighted by Gasteiger charge is 2.27. The van der Waals surface area contributed by atoms with E-state index in [9.17, 15) is 9.59 Å². The quantitative estimate of drug-likeness (QED) is 0.895. The molecule has 0 saturated carbocycles. The predicted molar refractivity (Wildman–Crippen MR) is 72.4 cm³/mol. The number of aliphatic carboxylic acids is 1. The van der Waals surface area contributed by atoms with E-state index in [-0.39, 0.29) is 18.4 Å². The summed E-state index contributed by atoms with van der Waals surface area (Å²) in [6, 6.07) is 6.77. The maximum Gasteiger partial charge on any atom is 0.321 e. The number of hydrogen-bond acceptors (Lipinski definition) is 2. The van der Waals surface area contributed by atoms with E-state index in [4.69, 9.17) is 16.7 Å². The Labute approximate surface area is 116 Å². The highest BCUT2D eigenvalue weighted by molar-refractivity contribution is 6.33. The van der Waals surface area contributed by atoms with E-state index < -0.39 is 5.97 Å². The highest BCUT2D eigenvalue weighted by atomic mass is 35.5. The van der Waals surface area contributed by atoms with Crippen LogP contribution in [0.1, 0.15) is 12.8 Å². The van der Waals surface area contributed by atoms with Crippen LogP contribution in [-0.2, 0) is 4.79 Å². The SMILES string of the molecule is O=C(O)CC1CCN(C(=O)Nc2ccccc2Cl)C1. The Kier molecular flexibility index (Phi) is 4.27. The third-order valence-electron chi connectivity index (χ3n) is 3.15. The van der Waals surface area contributed by atoms with Crippen molar-refractivity contribution in [1.29, 1.82) is 0 Å². The number of carbonyl (C=O) groups excluding carboxylic acids is 1. The van der Waals surface area contributed by atoms with Gasteiger partial charge < -0.3 is 15.3 Å². The number of carboxylic acids is 1. The van der Waals surface area contributed by atoms with Gasteiger partial charge in [-0.2, -0.15) is 0 Å². The van der Waals surface area contributed by atoms with Gasteiger partial charge in [0.1, 0.15) is 0 Å². The van der Waals surface area contributed by atoms with Gasteiger partial charge in [0.25, 0.3) is 0 Å². The van der Waals surface area contributed by atoms with Crippen molar-refractivity contribution < 1.29 is 14.7 Å². The Morgan fingerprint density at radius 3 is 2.84 bits per heavy atom. The third kappa shape index (κ3) is 3.61. The van der Waals surface area contributed by atoms with E-state index in [2.05, 4.69) is 5.32 Å². The normalized spacial score (nSPS) is 18.4. The standard InChI is InChI=1S/C13H15ClN2O3/c14-10-3-1-2-4-11(10)15-13(19)16-6-5-9(8-16)7-12(17)18/h1-4,9H,5-8H2,(H,15,19)(H,17,18). The molecule has 1 saturated heterocycles. The molecule has 0 radical (unpaired) electrons. The van der Waals surface area contributed by atoms with Crippen molar-refractivity contribution in [3.8, 4) is 0 Å². The molecule has 1 heterocycles. The Morgan fingerprint density at radius 2 is 2.16 bits per heavy atom. The number of hydrogen-bond donors (Lipinski definition) is 2. The minimum atomic E-state index is -0.821. The van der Waals surface area contributed by atoms with Crippen LogP contribution in [0.2, 0.25) is 5.02 Å². The number of amides is 2. The molecule has 2 N–H and O–H groups in total. The summed E-state index contributed by atoms with van der Waals surface area (Å²) in [4.78, 5) is 24.3. The molecule has 0 spiro atoms. The van der Waals surface area contributed by atoms with Crippen molar-refractivity contribution in [3.05, 3.63) is 29.3 Å². The topological polar surface area (TPSA) is 69.6 Å². The van der Waals surface area contributed by atoms with Gasteiger partial charge in [-0.05, 0) is 24.5 Å². The molecule has 102 valence electrons. The molecular weight excluding hydrogens is 268 g/mol. The fourth-order valence-corrected chi connectivity index (χ4v) is 2.37. The van der Waals surface area contributed by atoms with E-state index in [1.165, 1.54) is 0 Å². The molecule has 1 unspecified atom stereocenters. The van der Waals surface area contributed by atoms with Gasteiger partial charge in [0.2, 0.25) is 0 Å². The lowest BCUT2D eigenvalue weighted by molar-refractivity contribution is -0.138. The zero-order chi connectivity index (χ0) is 13.8. The maximum atomic E-state index is 12.0. The number of para-hydroxylation sites is 1. The molecule has 1 atom stereocenters. The molecule has 0 aromatic heterocycles. The number of urea groups is 1. The lowest BCUT2D eigenvalue weighted by Crippen LogP contribution is -2.33. The molecule has 19 heavy (non-hydrogen) atoms. The van der Waals surface area contributed by atoms with E-state index >= 15 is 0 Å². The summed E-state index contributed by atoms with van der Waals surface area (Å²) in [6.45, 7) is 1.05. The number of halogens is 1. The van der Waals surface area contributed by atoms with E-state index in [0.717, 1.165) is 6.42 Å². The van der Waals surface area contributed by atoms with Crippen LogP contribution in [0, 0.1) is 5.92 Å². The number of nitrogens with one attached hydrogen (secondary N) is 1. The molecule has 6 heteroatoms. The van der Waals surface area contributed by atoms with Crippen molar-refractivity contribution in [2.75, 3.05) is 18.4 Å². The first-order valence-corrected chi connectivity index (χ1v) is 6.46. The van der Waals surface area contributed by atoms with Gasteiger partial charge >= 0.3 is 12.0 Å². The molecular formula is C13H15ClN2O3. The lowest BCUT2D eigenvalue weighted by Gasteiger charge is -2.17. The minimum absolute atomic E-state index is 0.0366. The van der Waals surface area contributed by atoms with Crippen LogP contribution in [0.25, 0.3) is 0 Å². The number of nitrogens with zero attached hydrogens (tertiary/aromatic N) is 1. The Bertz CT molecular complexity index is 493. The highest BCUT2D eigenvalue weighted by Crippen LogP contribution is 2.23.